The average Bonchev–Trinajstić information content (AvgIpc) is 3.30. The predicted octanol–water partition coefficient (Wildman–Crippen LogP) is 7.64. The third-order valence-corrected chi connectivity index (χ3v) is 7.92. The summed E-state index contributed by atoms with van der Waals surface area (Å²) in [6, 6.07) is 21.2. The van der Waals surface area contributed by atoms with Crippen molar-refractivity contribution in [2.24, 2.45) is 4.99 Å². The predicted molar refractivity (Wildman–Crippen MR) is 151 cm³/mol. The van der Waals surface area contributed by atoms with E-state index in [0.717, 1.165) is 21.5 Å². The van der Waals surface area contributed by atoms with Crippen molar-refractivity contribution in [1.29, 1.82) is 0 Å². The second-order valence-electron chi connectivity index (χ2n) is 8.65. The van der Waals surface area contributed by atoms with Crippen LogP contribution in [-0.2, 0) is 5.75 Å². The summed E-state index contributed by atoms with van der Waals surface area (Å²) in [6.45, 7) is 4.60. The number of aliphatic imine (C=N–C) groups is 1. The summed E-state index contributed by atoms with van der Waals surface area (Å²) >= 11 is 3.46. The van der Waals surface area contributed by atoms with Crippen LogP contribution in [0.3, 0.4) is 0 Å². The van der Waals surface area contributed by atoms with E-state index in [1.54, 1.807) is 18.2 Å². The molecule has 1 heterocycles. The molecule has 0 saturated heterocycles. The maximum absolute atomic E-state index is 12.6. The van der Waals surface area contributed by atoms with E-state index in [1.165, 1.54) is 23.3 Å². The molecule has 4 rings (SSSR count). The lowest BCUT2D eigenvalue weighted by Gasteiger charge is -2.09. The minimum absolute atomic E-state index is 0.103. The molecular formula is C29H28BrNO3S. The van der Waals surface area contributed by atoms with Gasteiger partial charge in [0.15, 0.2) is 5.78 Å². The molecule has 35 heavy (non-hydrogen) atoms. The van der Waals surface area contributed by atoms with Crippen LogP contribution in [0.1, 0.15) is 46.8 Å². The van der Waals surface area contributed by atoms with Crippen molar-refractivity contribution in [3.8, 4) is 11.5 Å². The standard InChI is InChI=1S/C29H28BrNO3S/c1-20(2)23-8-3-21(4-9-23)7-14-28(32)27-13-12-26(15-29(27)33)34-16-25-18-35(19-31-25)17-22-5-10-24(30)11-6-22/h3-15,18-20,33,35H,16-17H2,1-2H3/b14-7+. The molecular weight excluding hydrogens is 522 g/mol. The summed E-state index contributed by atoms with van der Waals surface area (Å²) < 4.78 is 6.88. The van der Waals surface area contributed by atoms with Crippen molar-refractivity contribution < 1.29 is 14.6 Å². The summed E-state index contributed by atoms with van der Waals surface area (Å²) in [5.41, 5.74) is 6.58. The number of ether oxygens (including phenoxy) is 1. The van der Waals surface area contributed by atoms with E-state index in [0.29, 0.717) is 18.3 Å². The van der Waals surface area contributed by atoms with E-state index < -0.39 is 10.9 Å². The maximum Gasteiger partial charge on any atom is 0.189 e. The number of allylic oxidation sites excluding steroid dienone is 1. The number of benzene rings is 3. The molecule has 3 aromatic carbocycles. The molecule has 0 fully saturated rings. The van der Waals surface area contributed by atoms with Gasteiger partial charge in [-0.3, -0.25) is 9.79 Å². The van der Waals surface area contributed by atoms with Crippen LogP contribution < -0.4 is 4.74 Å². The highest BCUT2D eigenvalue weighted by atomic mass is 79.9. The van der Waals surface area contributed by atoms with Crippen LogP contribution in [0.25, 0.3) is 6.08 Å². The van der Waals surface area contributed by atoms with Crippen LogP contribution >= 0.6 is 26.8 Å². The Labute approximate surface area is 217 Å². The van der Waals surface area contributed by atoms with Gasteiger partial charge in [-0.2, -0.15) is 10.9 Å². The molecule has 6 heteroatoms. The lowest BCUT2D eigenvalue weighted by atomic mass is 10.0. The first-order chi connectivity index (χ1) is 16.9. The summed E-state index contributed by atoms with van der Waals surface area (Å²) in [7, 11) is -0.450. The van der Waals surface area contributed by atoms with Crippen LogP contribution in [0, 0.1) is 0 Å². The number of rotatable bonds is 9. The molecule has 0 aromatic heterocycles. The monoisotopic (exact) mass is 549 g/mol. The Morgan fingerprint density at radius 1 is 1.09 bits per heavy atom. The molecule has 0 amide bonds. The van der Waals surface area contributed by atoms with Crippen LogP contribution in [0.4, 0.5) is 0 Å². The number of nitrogens with zero attached hydrogens (tertiary/aromatic N) is 1. The van der Waals surface area contributed by atoms with Gasteiger partial charge < -0.3 is 9.84 Å². The Bertz CT molecular complexity index is 1280. The molecule has 1 aliphatic heterocycles. The molecule has 1 N–H and O–H groups in total. The highest BCUT2D eigenvalue weighted by molar-refractivity contribution is 9.10. The molecule has 0 bridgehead atoms. The number of ketones is 1. The molecule has 1 atom stereocenters. The highest BCUT2D eigenvalue weighted by Crippen LogP contribution is 2.36. The van der Waals surface area contributed by atoms with E-state index in [-0.39, 0.29) is 17.1 Å². The number of thiol groups is 1. The fourth-order valence-electron chi connectivity index (χ4n) is 3.59. The van der Waals surface area contributed by atoms with Gasteiger partial charge in [0, 0.05) is 21.8 Å². The van der Waals surface area contributed by atoms with Gasteiger partial charge in [-0.1, -0.05) is 72.3 Å². The first-order valence-corrected chi connectivity index (χ1v) is 13.9. The summed E-state index contributed by atoms with van der Waals surface area (Å²) in [5, 5.41) is 12.6. The van der Waals surface area contributed by atoms with E-state index in [9.17, 15) is 9.90 Å². The smallest absolute Gasteiger partial charge is 0.189 e. The van der Waals surface area contributed by atoms with Crippen LogP contribution in [0.2, 0.25) is 0 Å². The number of hydrogen-bond donors (Lipinski definition) is 2. The molecule has 4 nitrogen and oxygen atoms in total. The lowest BCUT2D eigenvalue weighted by molar-refractivity contribution is 0.104. The summed E-state index contributed by atoms with van der Waals surface area (Å²) in [6.07, 6.45) is 3.24. The van der Waals surface area contributed by atoms with Gasteiger partial charge in [-0.05, 0) is 58.4 Å². The fraction of sp³-hybridized carbons (Fsp3) is 0.172. The normalized spacial score (nSPS) is 16.1. The molecule has 0 radical (unpaired) electrons. The van der Waals surface area contributed by atoms with Crippen LogP contribution in [0.5, 0.6) is 11.5 Å². The van der Waals surface area contributed by atoms with Gasteiger partial charge in [0.05, 0.1) is 11.3 Å². The van der Waals surface area contributed by atoms with Gasteiger partial charge >= 0.3 is 0 Å². The Balaban J connectivity index is 1.32. The number of phenols is 1. The first-order valence-electron chi connectivity index (χ1n) is 11.4. The summed E-state index contributed by atoms with van der Waals surface area (Å²) in [5.74, 6) is 1.54. The van der Waals surface area contributed by atoms with Crippen LogP contribution in [-0.4, -0.2) is 23.0 Å². The Kier molecular flexibility index (Phi) is 8.26. The Morgan fingerprint density at radius 3 is 2.51 bits per heavy atom. The number of hydrogen-bond acceptors (Lipinski definition) is 4. The molecule has 0 saturated carbocycles. The van der Waals surface area contributed by atoms with Crippen molar-refractivity contribution >= 4 is 44.2 Å². The Morgan fingerprint density at radius 2 is 1.83 bits per heavy atom. The zero-order valence-corrected chi connectivity index (χ0v) is 22.2. The molecule has 0 aliphatic carbocycles. The molecule has 1 aliphatic rings. The van der Waals surface area contributed by atoms with Crippen molar-refractivity contribution in [1.82, 2.24) is 0 Å². The van der Waals surface area contributed by atoms with E-state index in [4.69, 9.17) is 4.74 Å². The molecule has 0 spiro atoms. The van der Waals surface area contributed by atoms with Crippen molar-refractivity contribution in [3.05, 3.63) is 111 Å². The van der Waals surface area contributed by atoms with Crippen molar-refractivity contribution in [2.75, 3.05) is 6.61 Å². The zero-order valence-electron chi connectivity index (χ0n) is 19.7. The first kappa shape index (κ1) is 25.0. The van der Waals surface area contributed by atoms with Gasteiger partial charge in [-0.25, -0.2) is 0 Å². The van der Waals surface area contributed by atoms with Crippen molar-refractivity contribution in [3.63, 3.8) is 0 Å². The minimum atomic E-state index is -0.450. The number of carbonyl (C=O) groups is 1. The SMILES string of the molecule is CC(C)c1ccc(/C=C/C(=O)c2ccc(OCC3=C[SH](Cc4ccc(Br)cc4)C=N3)cc2O)cc1. The van der Waals surface area contributed by atoms with E-state index in [1.807, 2.05) is 29.8 Å². The second kappa shape index (κ2) is 11.6. The maximum atomic E-state index is 12.6. The average molecular weight is 551 g/mol. The van der Waals surface area contributed by atoms with E-state index >= 15 is 0 Å². The number of aromatic hydroxyl groups is 1. The Hall–Kier alpha value is -3.09. The van der Waals surface area contributed by atoms with E-state index in [2.05, 4.69) is 64.4 Å². The van der Waals surface area contributed by atoms with Gasteiger partial charge in [0.25, 0.3) is 0 Å². The quantitative estimate of drug-likeness (QED) is 0.164. The second-order valence-corrected chi connectivity index (χ2v) is 11.4. The molecule has 3 aromatic rings. The van der Waals surface area contributed by atoms with Gasteiger partial charge in [0.2, 0.25) is 0 Å². The number of phenolic OH excluding ortho intramolecular Hbond substituents is 1. The zero-order chi connectivity index (χ0) is 24.8. The number of halogens is 1. The van der Waals surface area contributed by atoms with Gasteiger partial charge in [0.1, 0.15) is 18.1 Å². The largest absolute Gasteiger partial charge is 0.507 e. The fourth-order valence-corrected chi connectivity index (χ4v) is 5.55. The highest BCUT2D eigenvalue weighted by Gasteiger charge is 2.12. The van der Waals surface area contributed by atoms with Crippen molar-refractivity contribution in [2.45, 2.75) is 25.5 Å². The van der Waals surface area contributed by atoms with Crippen LogP contribution in [0.15, 0.2) is 93.4 Å². The number of carbonyl (C=O) groups excluding carboxylic acids is 1. The molecule has 1 unspecified atom stereocenters. The topological polar surface area (TPSA) is 58.9 Å². The third-order valence-electron chi connectivity index (χ3n) is 5.62. The lowest BCUT2D eigenvalue weighted by Crippen LogP contribution is -2.00. The molecule has 180 valence electrons. The minimum Gasteiger partial charge on any atom is -0.507 e. The van der Waals surface area contributed by atoms with Gasteiger partial charge in [-0.15, -0.1) is 0 Å². The third kappa shape index (κ3) is 6.96. The summed E-state index contributed by atoms with van der Waals surface area (Å²) in [4.78, 5) is 17.1.